The van der Waals surface area contributed by atoms with E-state index < -0.39 is 11.9 Å². The van der Waals surface area contributed by atoms with E-state index in [0.717, 1.165) is 19.3 Å². The number of ether oxygens (including phenoxy) is 3. The Bertz CT molecular complexity index is 934. The number of nitrogens with two attached hydrogens (primary N) is 1. The number of carbonyl (C=O) groups excluding carboxylic acids is 3. The van der Waals surface area contributed by atoms with Crippen molar-refractivity contribution in [3.8, 4) is 11.5 Å². The summed E-state index contributed by atoms with van der Waals surface area (Å²) in [5.74, 6) is -0.764. The van der Waals surface area contributed by atoms with Crippen molar-refractivity contribution in [3.05, 3.63) is 65.2 Å². The lowest BCUT2D eigenvalue weighted by Crippen LogP contribution is -2.20. The van der Waals surface area contributed by atoms with Crippen molar-refractivity contribution in [1.29, 1.82) is 0 Å². The molecule has 0 aliphatic carbocycles. The van der Waals surface area contributed by atoms with Gasteiger partial charge in [-0.15, -0.1) is 0 Å². The second kappa shape index (κ2) is 12.2. The van der Waals surface area contributed by atoms with Gasteiger partial charge in [-0.25, -0.2) is 4.79 Å². The molecule has 0 unspecified atom stereocenters. The van der Waals surface area contributed by atoms with Crippen molar-refractivity contribution >= 4 is 23.7 Å². The van der Waals surface area contributed by atoms with Crippen LogP contribution in [0.15, 0.2) is 48.5 Å². The summed E-state index contributed by atoms with van der Waals surface area (Å²) in [7, 11) is 1.45. The molecule has 0 heterocycles. The molecule has 2 aromatic rings. The van der Waals surface area contributed by atoms with Crippen LogP contribution < -0.4 is 15.2 Å². The molecule has 7 nitrogen and oxygen atoms in total. The molecule has 0 saturated carbocycles. The molecule has 1 amide bonds. The molecular formula is C24H27NO6. The number of Topliss-reactive ketones (excluding diaryl/α,β-unsaturated/α-hetero) is 1. The van der Waals surface area contributed by atoms with E-state index in [9.17, 15) is 14.4 Å². The quantitative estimate of drug-likeness (QED) is 0.318. The maximum absolute atomic E-state index is 12.2. The first-order chi connectivity index (χ1) is 14.9. The smallest absolute Gasteiger partial charge is 0.331 e. The first-order valence-electron chi connectivity index (χ1n) is 9.99. The van der Waals surface area contributed by atoms with Crippen LogP contribution in [0.4, 0.5) is 0 Å². The third-order valence-corrected chi connectivity index (χ3v) is 4.41. The molecule has 31 heavy (non-hydrogen) atoms. The van der Waals surface area contributed by atoms with Crippen molar-refractivity contribution in [2.45, 2.75) is 26.2 Å². The third kappa shape index (κ3) is 7.97. The summed E-state index contributed by atoms with van der Waals surface area (Å²) >= 11 is 0. The Kier molecular flexibility index (Phi) is 9.29. The average Bonchev–Trinajstić information content (AvgIpc) is 2.78. The van der Waals surface area contributed by atoms with E-state index in [0.29, 0.717) is 22.6 Å². The monoisotopic (exact) mass is 425 g/mol. The minimum absolute atomic E-state index is 0.263. The van der Waals surface area contributed by atoms with Crippen LogP contribution in [0.1, 0.15) is 41.3 Å². The van der Waals surface area contributed by atoms with Crippen LogP contribution >= 0.6 is 0 Å². The number of methoxy groups -OCH3 is 1. The highest BCUT2D eigenvalue weighted by Gasteiger charge is 2.09. The molecule has 2 rings (SSSR count). The molecule has 0 fully saturated rings. The predicted molar refractivity (Wildman–Crippen MR) is 117 cm³/mol. The van der Waals surface area contributed by atoms with Gasteiger partial charge in [-0.05, 0) is 42.2 Å². The summed E-state index contributed by atoms with van der Waals surface area (Å²) in [4.78, 5) is 35.0. The molecule has 0 aliphatic heterocycles. The number of rotatable bonds is 12. The van der Waals surface area contributed by atoms with E-state index >= 15 is 0 Å². The first-order valence-corrected chi connectivity index (χ1v) is 9.99. The standard InChI is InChI=1S/C24H27NO6/c1-3-4-5-17-6-10-19(11-7-17)20(26)15-31-24(28)13-9-18-8-12-21(22(14-18)29-2)30-16-23(25)27/h6-14H,3-5,15-16H2,1-2H3,(H2,25,27)/b13-9+. The Morgan fingerprint density at radius 3 is 2.39 bits per heavy atom. The van der Waals surface area contributed by atoms with E-state index in [1.54, 1.807) is 30.3 Å². The molecule has 0 bridgehead atoms. The van der Waals surface area contributed by atoms with Gasteiger partial charge < -0.3 is 19.9 Å². The van der Waals surface area contributed by atoms with Gasteiger partial charge in [0, 0.05) is 11.6 Å². The number of benzene rings is 2. The highest BCUT2D eigenvalue weighted by atomic mass is 16.5. The highest BCUT2D eigenvalue weighted by molar-refractivity contribution is 5.98. The van der Waals surface area contributed by atoms with Crippen molar-refractivity contribution in [1.82, 2.24) is 0 Å². The molecular weight excluding hydrogens is 398 g/mol. The predicted octanol–water partition coefficient (Wildman–Crippen LogP) is 3.34. The van der Waals surface area contributed by atoms with Crippen LogP contribution in [0.25, 0.3) is 6.08 Å². The van der Waals surface area contributed by atoms with Crippen molar-refractivity contribution in [2.24, 2.45) is 5.73 Å². The molecule has 0 aromatic heterocycles. The molecule has 0 atom stereocenters. The molecule has 164 valence electrons. The Labute approximate surface area is 181 Å². The summed E-state index contributed by atoms with van der Waals surface area (Å²) in [5.41, 5.74) is 7.40. The molecule has 2 N–H and O–H groups in total. The van der Waals surface area contributed by atoms with Gasteiger partial charge in [0.1, 0.15) is 0 Å². The minimum Gasteiger partial charge on any atom is -0.493 e. The lowest BCUT2D eigenvalue weighted by Gasteiger charge is -2.09. The maximum Gasteiger partial charge on any atom is 0.331 e. The largest absolute Gasteiger partial charge is 0.493 e. The summed E-state index contributed by atoms with van der Waals surface area (Å²) in [5, 5.41) is 0. The lowest BCUT2D eigenvalue weighted by atomic mass is 10.0. The van der Waals surface area contributed by atoms with Crippen LogP contribution in [0.5, 0.6) is 11.5 Å². The minimum atomic E-state index is -0.638. The number of amides is 1. The number of ketones is 1. The zero-order valence-corrected chi connectivity index (χ0v) is 17.8. The summed E-state index contributed by atoms with van der Waals surface area (Å²) in [6.45, 7) is 1.53. The SMILES string of the molecule is CCCCc1ccc(C(=O)COC(=O)/C=C/c2ccc(OCC(N)=O)c(OC)c2)cc1. The normalized spacial score (nSPS) is 10.6. The van der Waals surface area contributed by atoms with Crippen LogP contribution in [0.2, 0.25) is 0 Å². The summed E-state index contributed by atoms with van der Waals surface area (Å²) in [6.07, 6.45) is 5.94. The summed E-state index contributed by atoms with van der Waals surface area (Å²) in [6, 6.07) is 12.3. The van der Waals surface area contributed by atoms with Gasteiger partial charge in [-0.1, -0.05) is 43.7 Å². The Balaban J connectivity index is 1.88. The van der Waals surface area contributed by atoms with E-state index in [2.05, 4.69) is 6.92 Å². The van der Waals surface area contributed by atoms with Crippen LogP contribution in [0, 0.1) is 0 Å². The fraction of sp³-hybridized carbons (Fsp3) is 0.292. The Morgan fingerprint density at radius 1 is 1.00 bits per heavy atom. The summed E-state index contributed by atoms with van der Waals surface area (Å²) < 4.78 is 15.5. The number of hydrogen-bond donors (Lipinski definition) is 1. The van der Waals surface area contributed by atoms with Gasteiger partial charge in [-0.2, -0.15) is 0 Å². The third-order valence-electron chi connectivity index (χ3n) is 4.41. The van der Waals surface area contributed by atoms with Gasteiger partial charge in [0.25, 0.3) is 5.91 Å². The second-order valence-corrected chi connectivity index (χ2v) is 6.83. The van der Waals surface area contributed by atoms with Crippen molar-refractivity contribution in [2.75, 3.05) is 20.3 Å². The van der Waals surface area contributed by atoms with Gasteiger partial charge >= 0.3 is 5.97 Å². The number of aryl methyl sites for hydroxylation is 1. The van der Waals surface area contributed by atoms with Crippen LogP contribution in [-0.2, 0) is 20.7 Å². The van der Waals surface area contributed by atoms with Crippen molar-refractivity contribution < 1.29 is 28.6 Å². The number of primary amides is 1. The average molecular weight is 425 g/mol. The zero-order valence-electron chi connectivity index (χ0n) is 17.8. The van der Waals surface area contributed by atoms with Crippen LogP contribution in [-0.4, -0.2) is 38.0 Å². The van der Waals surface area contributed by atoms with E-state index in [4.69, 9.17) is 19.9 Å². The molecule has 2 aromatic carbocycles. The highest BCUT2D eigenvalue weighted by Crippen LogP contribution is 2.28. The van der Waals surface area contributed by atoms with Gasteiger partial charge in [0.05, 0.1) is 7.11 Å². The molecule has 0 saturated heterocycles. The first kappa shape index (κ1) is 23.7. The fourth-order valence-corrected chi connectivity index (χ4v) is 2.73. The Morgan fingerprint density at radius 2 is 1.74 bits per heavy atom. The van der Waals surface area contributed by atoms with E-state index in [-0.39, 0.29) is 19.0 Å². The van der Waals surface area contributed by atoms with E-state index in [1.165, 1.54) is 24.8 Å². The van der Waals surface area contributed by atoms with Gasteiger partial charge in [-0.3, -0.25) is 9.59 Å². The molecule has 0 spiro atoms. The van der Waals surface area contributed by atoms with Gasteiger partial charge in [0.15, 0.2) is 30.5 Å². The van der Waals surface area contributed by atoms with Gasteiger partial charge in [0.2, 0.25) is 0 Å². The van der Waals surface area contributed by atoms with Crippen LogP contribution in [0.3, 0.4) is 0 Å². The number of esters is 1. The number of hydrogen-bond acceptors (Lipinski definition) is 6. The molecule has 7 heteroatoms. The number of unbranched alkanes of at least 4 members (excludes halogenated alkanes) is 1. The zero-order chi connectivity index (χ0) is 22.6. The number of carbonyl (C=O) groups is 3. The lowest BCUT2D eigenvalue weighted by molar-refractivity contribution is -0.136. The van der Waals surface area contributed by atoms with Crippen molar-refractivity contribution in [3.63, 3.8) is 0 Å². The van der Waals surface area contributed by atoms with E-state index in [1.807, 2.05) is 12.1 Å². The Hall–Kier alpha value is -3.61. The fourth-order valence-electron chi connectivity index (χ4n) is 2.73. The maximum atomic E-state index is 12.2. The second-order valence-electron chi connectivity index (χ2n) is 6.83. The molecule has 0 radical (unpaired) electrons. The molecule has 0 aliphatic rings. The topological polar surface area (TPSA) is 105 Å².